The van der Waals surface area contributed by atoms with E-state index in [0.717, 1.165) is 38.4 Å². The molecule has 0 unspecified atom stereocenters. The van der Waals surface area contributed by atoms with Crippen LogP contribution in [-0.4, -0.2) is 62.9 Å². The van der Waals surface area contributed by atoms with Gasteiger partial charge >= 0.3 is 0 Å². The zero-order valence-electron chi connectivity index (χ0n) is 15.2. The maximum atomic E-state index is 12.7. The first kappa shape index (κ1) is 19.3. The van der Waals surface area contributed by atoms with Gasteiger partial charge in [-0.3, -0.25) is 19.8 Å². The summed E-state index contributed by atoms with van der Waals surface area (Å²) in [5.41, 5.74) is 0.0544. The Morgan fingerprint density at radius 2 is 2.00 bits per heavy atom. The van der Waals surface area contributed by atoms with Crippen molar-refractivity contribution in [2.75, 3.05) is 32.7 Å². The monoisotopic (exact) mass is 391 g/mol. The molecule has 144 valence electrons. The Balaban J connectivity index is 1.56. The van der Waals surface area contributed by atoms with Crippen LogP contribution in [0.3, 0.4) is 0 Å². The van der Waals surface area contributed by atoms with E-state index in [1.165, 1.54) is 18.2 Å². The van der Waals surface area contributed by atoms with Gasteiger partial charge in [-0.05, 0) is 6.07 Å². The first-order valence-electron chi connectivity index (χ1n) is 8.95. The highest BCUT2D eigenvalue weighted by atomic mass is 35.5. The van der Waals surface area contributed by atoms with Crippen molar-refractivity contribution < 1.29 is 9.72 Å². The summed E-state index contributed by atoms with van der Waals surface area (Å²) in [6, 6.07) is 3.96. The zero-order valence-corrected chi connectivity index (χ0v) is 15.9. The quantitative estimate of drug-likeness (QED) is 0.557. The third-order valence-corrected chi connectivity index (χ3v) is 5.16. The maximum Gasteiger partial charge on any atom is 0.270 e. The number of nitro groups is 1. The molecular formula is C18H22ClN5O3. The smallest absolute Gasteiger partial charge is 0.270 e. The molecule has 1 aliphatic rings. The van der Waals surface area contributed by atoms with Gasteiger partial charge in [-0.2, -0.15) is 0 Å². The third-order valence-electron chi connectivity index (χ3n) is 4.83. The van der Waals surface area contributed by atoms with E-state index in [9.17, 15) is 14.9 Å². The minimum absolute atomic E-state index is 0.131. The van der Waals surface area contributed by atoms with Gasteiger partial charge < -0.3 is 9.47 Å². The summed E-state index contributed by atoms with van der Waals surface area (Å²) >= 11 is 6.09. The molecule has 0 atom stereocenters. The van der Waals surface area contributed by atoms with Crippen LogP contribution in [0.5, 0.6) is 0 Å². The van der Waals surface area contributed by atoms with E-state index in [1.54, 1.807) is 4.90 Å². The zero-order chi connectivity index (χ0) is 19.4. The average Bonchev–Trinajstić information content (AvgIpc) is 3.14. The van der Waals surface area contributed by atoms with E-state index in [1.807, 2.05) is 12.4 Å². The van der Waals surface area contributed by atoms with Crippen LogP contribution < -0.4 is 0 Å². The Morgan fingerprint density at radius 1 is 1.26 bits per heavy atom. The molecular weight excluding hydrogens is 370 g/mol. The summed E-state index contributed by atoms with van der Waals surface area (Å²) in [6.07, 6.45) is 4.71. The average molecular weight is 392 g/mol. The molecule has 1 fully saturated rings. The summed E-state index contributed by atoms with van der Waals surface area (Å²) in [7, 11) is 0. The van der Waals surface area contributed by atoms with E-state index in [0.29, 0.717) is 13.1 Å². The van der Waals surface area contributed by atoms with Gasteiger partial charge in [0, 0.05) is 70.2 Å². The number of aromatic nitrogens is 2. The highest BCUT2D eigenvalue weighted by Crippen LogP contribution is 2.24. The highest BCUT2D eigenvalue weighted by Gasteiger charge is 2.25. The molecule has 2 heterocycles. The van der Waals surface area contributed by atoms with Crippen molar-refractivity contribution in [2.24, 2.45) is 0 Å². The summed E-state index contributed by atoms with van der Waals surface area (Å²) in [5, 5.41) is 11.2. The lowest BCUT2D eigenvalue weighted by Gasteiger charge is -2.35. The van der Waals surface area contributed by atoms with Crippen LogP contribution in [0.2, 0.25) is 5.02 Å². The molecule has 27 heavy (non-hydrogen) atoms. The Hall–Kier alpha value is -2.45. The standard InChI is InChI=1S/C18H22ClN5O3/c1-2-17-20-5-6-22(17)10-7-21-8-11-23(12-9-21)18(25)15-13-14(24(26)27)3-4-16(15)19/h3-6,13H,2,7-12H2,1H3. The second-order valence-corrected chi connectivity index (χ2v) is 6.85. The van der Waals surface area contributed by atoms with Gasteiger partial charge in [-0.15, -0.1) is 0 Å². The van der Waals surface area contributed by atoms with Crippen molar-refractivity contribution >= 4 is 23.2 Å². The predicted octanol–water partition coefficient (Wildman–Crippen LogP) is 2.47. The predicted molar refractivity (Wildman–Crippen MR) is 102 cm³/mol. The van der Waals surface area contributed by atoms with Gasteiger partial charge in [-0.1, -0.05) is 18.5 Å². The molecule has 1 aromatic heterocycles. The Labute approximate surface area is 162 Å². The van der Waals surface area contributed by atoms with Crippen molar-refractivity contribution in [1.29, 1.82) is 0 Å². The third kappa shape index (κ3) is 4.45. The Kier molecular flexibility index (Phi) is 6.08. The fourth-order valence-corrected chi connectivity index (χ4v) is 3.44. The molecule has 0 aliphatic carbocycles. The lowest BCUT2D eigenvalue weighted by Crippen LogP contribution is -2.49. The van der Waals surface area contributed by atoms with Gasteiger partial charge in [0.15, 0.2) is 0 Å². The van der Waals surface area contributed by atoms with E-state index in [2.05, 4.69) is 21.4 Å². The number of non-ortho nitro benzene ring substituents is 1. The first-order chi connectivity index (χ1) is 13.0. The number of carbonyl (C=O) groups excluding carboxylic acids is 1. The fourth-order valence-electron chi connectivity index (χ4n) is 3.24. The fraction of sp³-hybridized carbons (Fsp3) is 0.444. The molecule has 0 spiro atoms. The lowest BCUT2D eigenvalue weighted by molar-refractivity contribution is -0.384. The van der Waals surface area contributed by atoms with Crippen LogP contribution >= 0.6 is 11.6 Å². The van der Waals surface area contributed by atoms with E-state index < -0.39 is 4.92 Å². The summed E-state index contributed by atoms with van der Waals surface area (Å²) < 4.78 is 2.15. The number of hydrogen-bond acceptors (Lipinski definition) is 5. The van der Waals surface area contributed by atoms with Crippen LogP contribution in [-0.2, 0) is 13.0 Å². The summed E-state index contributed by atoms with van der Waals surface area (Å²) in [6.45, 7) is 6.51. The minimum atomic E-state index is -0.522. The number of rotatable bonds is 6. The molecule has 0 N–H and O–H groups in total. The largest absolute Gasteiger partial charge is 0.336 e. The number of hydrogen-bond donors (Lipinski definition) is 0. The van der Waals surface area contributed by atoms with Gasteiger partial charge in [0.1, 0.15) is 5.82 Å². The van der Waals surface area contributed by atoms with E-state index >= 15 is 0 Å². The minimum Gasteiger partial charge on any atom is -0.336 e. The Bertz CT molecular complexity index is 830. The number of benzene rings is 1. The highest BCUT2D eigenvalue weighted by molar-refractivity contribution is 6.33. The normalized spacial score (nSPS) is 15.1. The SMILES string of the molecule is CCc1nccn1CCN1CCN(C(=O)c2cc([N+](=O)[O-])ccc2Cl)CC1. The second kappa shape index (κ2) is 8.49. The van der Waals surface area contributed by atoms with Gasteiger partial charge in [0.05, 0.1) is 15.5 Å². The number of nitro benzene ring substituents is 1. The number of halogens is 1. The molecule has 0 radical (unpaired) electrons. The van der Waals surface area contributed by atoms with Crippen LogP contribution in [0.25, 0.3) is 0 Å². The van der Waals surface area contributed by atoms with E-state index in [4.69, 9.17) is 11.6 Å². The van der Waals surface area contributed by atoms with Crippen molar-refractivity contribution in [2.45, 2.75) is 19.9 Å². The number of imidazole rings is 1. The van der Waals surface area contributed by atoms with E-state index in [-0.39, 0.29) is 22.2 Å². The number of piperazine rings is 1. The van der Waals surface area contributed by atoms with Crippen molar-refractivity contribution in [1.82, 2.24) is 19.4 Å². The van der Waals surface area contributed by atoms with Crippen LogP contribution in [0.1, 0.15) is 23.1 Å². The first-order valence-corrected chi connectivity index (χ1v) is 9.33. The number of amides is 1. The second-order valence-electron chi connectivity index (χ2n) is 6.45. The number of nitrogens with zero attached hydrogens (tertiary/aromatic N) is 5. The number of aryl methyl sites for hydroxylation is 1. The molecule has 3 rings (SSSR count). The van der Waals surface area contributed by atoms with Crippen LogP contribution in [0.4, 0.5) is 5.69 Å². The van der Waals surface area contributed by atoms with Crippen molar-refractivity contribution in [3.63, 3.8) is 0 Å². The van der Waals surface area contributed by atoms with Gasteiger partial charge in [0.2, 0.25) is 0 Å². The van der Waals surface area contributed by atoms with Crippen molar-refractivity contribution in [3.8, 4) is 0 Å². The molecule has 8 nitrogen and oxygen atoms in total. The lowest BCUT2D eigenvalue weighted by atomic mass is 10.1. The van der Waals surface area contributed by atoms with Crippen LogP contribution in [0, 0.1) is 10.1 Å². The molecule has 0 bridgehead atoms. The molecule has 1 aromatic carbocycles. The van der Waals surface area contributed by atoms with Gasteiger partial charge in [0.25, 0.3) is 11.6 Å². The summed E-state index contributed by atoms with van der Waals surface area (Å²) in [4.78, 5) is 31.5. The molecule has 1 saturated heterocycles. The number of carbonyl (C=O) groups is 1. The molecule has 9 heteroatoms. The van der Waals surface area contributed by atoms with Crippen LogP contribution in [0.15, 0.2) is 30.6 Å². The molecule has 0 saturated carbocycles. The molecule has 1 amide bonds. The van der Waals surface area contributed by atoms with Crippen molar-refractivity contribution in [3.05, 3.63) is 57.1 Å². The maximum absolute atomic E-state index is 12.7. The Morgan fingerprint density at radius 3 is 2.67 bits per heavy atom. The molecule has 1 aliphatic heterocycles. The summed E-state index contributed by atoms with van der Waals surface area (Å²) in [5.74, 6) is 0.815. The molecule has 2 aromatic rings. The van der Waals surface area contributed by atoms with Gasteiger partial charge in [-0.25, -0.2) is 4.98 Å². The topological polar surface area (TPSA) is 84.5 Å².